The molecule has 2 heterocycles. The lowest BCUT2D eigenvalue weighted by Gasteiger charge is -2.06. The molecule has 0 bridgehead atoms. The van der Waals surface area contributed by atoms with Crippen molar-refractivity contribution in [3.63, 3.8) is 0 Å². The molecule has 2 aromatic rings. The van der Waals surface area contributed by atoms with Gasteiger partial charge in [-0.1, -0.05) is 0 Å². The maximum Gasteiger partial charge on any atom is 0.287 e. The van der Waals surface area contributed by atoms with Crippen molar-refractivity contribution >= 4 is 33.7 Å². The van der Waals surface area contributed by atoms with E-state index in [9.17, 15) is 14.4 Å². The summed E-state index contributed by atoms with van der Waals surface area (Å²) in [6, 6.07) is 6.21. The molecule has 0 fully saturated rings. The van der Waals surface area contributed by atoms with E-state index < -0.39 is 5.91 Å². The normalized spacial score (nSPS) is 10.1. The minimum Gasteiger partial charge on any atom is -0.459 e. The van der Waals surface area contributed by atoms with Gasteiger partial charge in [-0.15, -0.1) is 0 Å². The van der Waals surface area contributed by atoms with Crippen molar-refractivity contribution in [2.45, 2.75) is 0 Å². The quantitative estimate of drug-likeness (QED) is 0.615. The Hall–Kier alpha value is -2.55. The summed E-state index contributed by atoms with van der Waals surface area (Å²) in [6.45, 7) is 0.279. The van der Waals surface area contributed by atoms with E-state index >= 15 is 0 Å². The van der Waals surface area contributed by atoms with Crippen LogP contribution in [0.15, 0.2) is 44.0 Å². The molecule has 8 nitrogen and oxygen atoms in total. The summed E-state index contributed by atoms with van der Waals surface area (Å²) >= 11 is 3.08. The molecule has 9 heteroatoms. The average molecular weight is 384 g/mol. The van der Waals surface area contributed by atoms with Crippen LogP contribution in [0, 0.1) is 0 Å². The topological polar surface area (TPSA) is 114 Å². The van der Waals surface area contributed by atoms with Gasteiger partial charge in [0, 0.05) is 13.1 Å². The van der Waals surface area contributed by atoms with Gasteiger partial charge in [0.2, 0.25) is 5.91 Å². The van der Waals surface area contributed by atoms with Gasteiger partial charge in [0.05, 0.1) is 12.8 Å². The van der Waals surface area contributed by atoms with Gasteiger partial charge in [-0.05, 0) is 40.2 Å². The maximum atomic E-state index is 11.6. The van der Waals surface area contributed by atoms with E-state index in [0.717, 1.165) is 0 Å². The lowest BCUT2D eigenvalue weighted by molar-refractivity contribution is -0.120. The van der Waals surface area contributed by atoms with Crippen LogP contribution in [0.3, 0.4) is 0 Å². The molecular weight excluding hydrogens is 370 g/mol. The number of nitrogens with one attached hydrogen (secondary N) is 3. The van der Waals surface area contributed by atoms with Crippen molar-refractivity contribution < 1.29 is 23.2 Å². The number of rotatable bonds is 7. The number of furan rings is 2. The zero-order chi connectivity index (χ0) is 16.7. The van der Waals surface area contributed by atoms with Gasteiger partial charge in [-0.3, -0.25) is 14.4 Å². The average Bonchev–Trinajstić information content (AvgIpc) is 3.20. The number of carbonyl (C=O) groups excluding carboxylic acids is 3. The third-order valence-electron chi connectivity index (χ3n) is 2.68. The summed E-state index contributed by atoms with van der Waals surface area (Å²) in [5.74, 6) is -0.919. The first-order valence-corrected chi connectivity index (χ1v) is 7.47. The van der Waals surface area contributed by atoms with Crippen LogP contribution < -0.4 is 16.0 Å². The van der Waals surface area contributed by atoms with Crippen LogP contribution in [0.1, 0.15) is 21.1 Å². The van der Waals surface area contributed by atoms with E-state index in [-0.39, 0.29) is 43.0 Å². The molecule has 3 N–H and O–H groups in total. The highest BCUT2D eigenvalue weighted by atomic mass is 79.9. The molecule has 122 valence electrons. The molecule has 0 aliphatic rings. The fourth-order valence-corrected chi connectivity index (χ4v) is 1.93. The fourth-order valence-electron chi connectivity index (χ4n) is 1.62. The van der Waals surface area contributed by atoms with Gasteiger partial charge < -0.3 is 24.8 Å². The van der Waals surface area contributed by atoms with Gasteiger partial charge in [0.1, 0.15) is 0 Å². The smallest absolute Gasteiger partial charge is 0.287 e. The van der Waals surface area contributed by atoms with E-state index in [2.05, 4.69) is 31.9 Å². The Morgan fingerprint density at radius 3 is 2.35 bits per heavy atom. The van der Waals surface area contributed by atoms with E-state index in [1.807, 2.05) is 0 Å². The van der Waals surface area contributed by atoms with Gasteiger partial charge in [-0.25, -0.2) is 0 Å². The third-order valence-corrected chi connectivity index (χ3v) is 3.11. The lowest BCUT2D eigenvalue weighted by Crippen LogP contribution is -2.40. The molecule has 0 saturated heterocycles. The second kappa shape index (κ2) is 8.18. The second-order valence-corrected chi connectivity index (χ2v) is 5.15. The van der Waals surface area contributed by atoms with Crippen LogP contribution in [0.4, 0.5) is 0 Å². The molecule has 0 aliphatic heterocycles. The van der Waals surface area contributed by atoms with Crippen molar-refractivity contribution in [3.8, 4) is 0 Å². The molecular formula is C14H14BrN3O5. The van der Waals surface area contributed by atoms with Crippen molar-refractivity contribution in [1.29, 1.82) is 0 Å². The first-order valence-electron chi connectivity index (χ1n) is 6.68. The van der Waals surface area contributed by atoms with E-state index in [1.165, 1.54) is 18.4 Å². The Balaban J connectivity index is 1.60. The first-order chi connectivity index (χ1) is 11.1. The molecule has 0 atom stereocenters. The van der Waals surface area contributed by atoms with Gasteiger partial charge >= 0.3 is 0 Å². The largest absolute Gasteiger partial charge is 0.459 e. The highest BCUT2D eigenvalue weighted by Gasteiger charge is 2.12. The van der Waals surface area contributed by atoms with Crippen LogP contribution in [-0.2, 0) is 4.79 Å². The van der Waals surface area contributed by atoms with Crippen LogP contribution in [0.2, 0.25) is 0 Å². The summed E-state index contributed by atoms with van der Waals surface area (Å²) in [4.78, 5) is 34.7. The van der Waals surface area contributed by atoms with Crippen molar-refractivity contribution in [1.82, 2.24) is 16.0 Å². The van der Waals surface area contributed by atoms with Crippen molar-refractivity contribution in [3.05, 3.63) is 46.7 Å². The fraction of sp³-hybridized carbons (Fsp3) is 0.214. The molecule has 0 saturated carbocycles. The van der Waals surface area contributed by atoms with Crippen LogP contribution in [-0.4, -0.2) is 37.4 Å². The number of carbonyl (C=O) groups is 3. The van der Waals surface area contributed by atoms with Crippen LogP contribution in [0.5, 0.6) is 0 Å². The zero-order valence-corrected chi connectivity index (χ0v) is 13.5. The SMILES string of the molecule is O=C(CNC(=O)c1ccc(Br)o1)NCCNC(=O)c1ccco1. The molecule has 0 radical (unpaired) electrons. The molecule has 2 aromatic heterocycles. The minimum absolute atomic E-state index is 0.107. The predicted molar refractivity (Wildman–Crippen MR) is 82.8 cm³/mol. The number of hydrogen-bond donors (Lipinski definition) is 3. The Labute approximate surface area is 139 Å². The lowest BCUT2D eigenvalue weighted by atomic mass is 10.4. The standard InChI is InChI=1S/C14H14BrN3O5/c15-11-4-3-10(23-11)14(21)18-8-12(19)16-5-6-17-13(20)9-2-1-7-22-9/h1-4,7H,5-6,8H2,(H,16,19)(H,17,20)(H,18,21). The summed E-state index contributed by atoms with van der Waals surface area (Å²) in [6.07, 6.45) is 1.40. The van der Waals surface area contributed by atoms with Crippen LogP contribution >= 0.6 is 15.9 Å². The molecule has 0 unspecified atom stereocenters. The molecule has 2 rings (SSSR count). The number of hydrogen-bond acceptors (Lipinski definition) is 5. The van der Waals surface area contributed by atoms with Gasteiger partial charge in [0.25, 0.3) is 11.8 Å². The summed E-state index contributed by atoms with van der Waals surface area (Å²) in [7, 11) is 0. The Morgan fingerprint density at radius 1 is 0.957 bits per heavy atom. The maximum absolute atomic E-state index is 11.6. The molecule has 3 amide bonds. The molecule has 23 heavy (non-hydrogen) atoms. The van der Waals surface area contributed by atoms with Crippen molar-refractivity contribution in [2.24, 2.45) is 0 Å². The summed E-state index contributed by atoms with van der Waals surface area (Å²) < 4.78 is 10.4. The molecule has 0 aliphatic carbocycles. The molecule has 0 aromatic carbocycles. The van der Waals surface area contributed by atoms with E-state index in [1.54, 1.807) is 12.1 Å². The summed E-state index contributed by atoms with van der Waals surface area (Å²) in [5, 5.41) is 7.55. The first kappa shape index (κ1) is 16.8. The van der Waals surface area contributed by atoms with Crippen molar-refractivity contribution in [2.75, 3.05) is 19.6 Å². The van der Waals surface area contributed by atoms with Gasteiger partial charge in [-0.2, -0.15) is 0 Å². The Bertz CT molecular complexity index is 680. The zero-order valence-electron chi connectivity index (χ0n) is 11.9. The predicted octanol–water partition coefficient (Wildman–Crippen LogP) is 0.911. The van der Waals surface area contributed by atoms with E-state index in [0.29, 0.717) is 4.67 Å². The number of halogens is 1. The second-order valence-electron chi connectivity index (χ2n) is 4.37. The highest BCUT2D eigenvalue weighted by molar-refractivity contribution is 9.10. The van der Waals surface area contributed by atoms with Crippen LogP contribution in [0.25, 0.3) is 0 Å². The summed E-state index contributed by atoms with van der Waals surface area (Å²) in [5.41, 5.74) is 0. The van der Waals surface area contributed by atoms with Gasteiger partial charge in [0.15, 0.2) is 16.2 Å². The Morgan fingerprint density at radius 2 is 1.70 bits per heavy atom. The number of amides is 3. The highest BCUT2D eigenvalue weighted by Crippen LogP contribution is 2.13. The monoisotopic (exact) mass is 383 g/mol. The Kier molecular flexibility index (Phi) is 5.98. The molecule has 0 spiro atoms. The minimum atomic E-state index is -0.489. The van der Waals surface area contributed by atoms with E-state index in [4.69, 9.17) is 8.83 Å². The third kappa shape index (κ3) is 5.29.